The standard InChI is InChI=1S/C21H13ClN2O4/c22-15-8-6-14(7-9-15)19(13-4-2-1-3-5-13)23-20(25)17-11-10-16(24(27)28)12-18(17)21(23)26/h1-12,19H/t19-/m0/s1. The molecule has 2 amide bonds. The summed E-state index contributed by atoms with van der Waals surface area (Å²) in [7, 11) is 0. The summed E-state index contributed by atoms with van der Waals surface area (Å²) in [5.41, 5.74) is 1.41. The van der Waals surface area contributed by atoms with Gasteiger partial charge in [0, 0.05) is 17.2 Å². The van der Waals surface area contributed by atoms with Gasteiger partial charge in [0.2, 0.25) is 0 Å². The van der Waals surface area contributed by atoms with Crippen molar-refractivity contribution in [2.24, 2.45) is 0 Å². The second-order valence-electron chi connectivity index (χ2n) is 6.33. The zero-order valence-corrected chi connectivity index (χ0v) is 15.2. The summed E-state index contributed by atoms with van der Waals surface area (Å²) in [6.45, 7) is 0. The second kappa shape index (κ2) is 6.90. The van der Waals surface area contributed by atoms with Crippen molar-refractivity contribution in [1.29, 1.82) is 0 Å². The minimum Gasteiger partial charge on any atom is -0.269 e. The first-order chi connectivity index (χ1) is 13.5. The number of carbonyl (C=O) groups excluding carboxylic acids is 2. The van der Waals surface area contributed by atoms with E-state index in [1.807, 2.05) is 30.3 Å². The Morgan fingerprint density at radius 1 is 0.821 bits per heavy atom. The first kappa shape index (κ1) is 17.9. The molecule has 1 atom stereocenters. The minimum atomic E-state index is -0.676. The molecule has 0 aromatic heterocycles. The van der Waals surface area contributed by atoms with Crippen molar-refractivity contribution < 1.29 is 14.5 Å². The molecule has 0 saturated heterocycles. The number of hydrogen-bond acceptors (Lipinski definition) is 4. The fourth-order valence-corrected chi connectivity index (χ4v) is 3.49. The largest absolute Gasteiger partial charge is 0.270 e. The predicted octanol–water partition coefficient (Wildman–Crippen LogP) is 4.63. The highest BCUT2D eigenvalue weighted by Gasteiger charge is 2.42. The van der Waals surface area contributed by atoms with Crippen molar-refractivity contribution in [3.8, 4) is 0 Å². The molecule has 4 rings (SSSR count). The number of non-ortho nitro benzene ring substituents is 1. The fraction of sp³-hybridized carbons (Fsp3) is 0.0476. The van der Waals surface area contributed by atoms with Crippen molar-refractivity contribution in [3.63, 3.8) is 0 Å². The Labute approximate surface area is 165 Å². The third-order valence-corrected chi connectivity index (χ3v) is 4.92. The molecule has 28 heavy (non-hydrogen) atoms. The topological polar surface area (TPSA) is 80.5 Å². The molecule has 0 saturated carbocycles. The predicted molar refractivity (Wildman–Crippen MR) is 103 cm³/mol. The highest BCUT2D eigenvalue weighted by atomic mass is 35.5. The van der Waals surface area contributed by atoms with E-state index in [1.165, 1.54) is 12.1 Å². The average Bonchev–Trinajstić information content (AvgIpc) is 2.95. The van der Waals surface area contributed by atoms with Gasteiger partial charge in [-0.3, -0.25) is 24.6 Å². The number of carbonyl (C=O) groups is 2. The van der Waals surface area contributed by atoms with Gasteiger partial charge >= 0.3 is 0 Å². The van der Waals surface area contributed by atoms with Crippen LogP contribution in [0.25, 0.3) is 0 Å². The van der Waals surface area contributed by atoms with Crippen LogP contribution in [-0.2, 0) is 0 Å². The van der Waals surface area contributed by atoms with Crippen LogP contribution < -0.4 is 0 Å². The first-order valence-corrected chi connectivity index (χ1v) is 8.82. The maximum Gasteiger partial charge on any atom is 0.270 e. The molecule has 0 fully saturated rings. The van der Waals surface area contributed by atoms with E-state index in [4.69, 9.17) is 11.6 Å². The highest BCUT2D eigenvalue weighted by Crippen LogP contribution is 2.37. The van der Waals surface area contributed by atoms with Crippen LogP contribution in [-0.4, -0.2) is 21.6 Å². The minimum absolute atomic E-state index is 0.0362. The Hall–Kier alpha value is -3.51. The van der Waals surface area contributed by atoms with E-state index >= 15 is 0 Å². The fourth-order valence-electron chi connectivity index (χ4n) is 3.37. The summed E-state index contributed by atoms with van der Waals surface area (Å²) in [5.74, 6) is -1.05. The molecule has 3 aromatic rings. The van der Waals surface area contributed by atoms with Gasteiger partial charge in [0.25, 0.3) is 17.5 Å². The molecule has 0 spiro atoms. The number of nitro benzene ring substituents is 1. The van der Waals surface area contributed by atoms with E-state index < -0.39 is 22.8 Å². The first-order valence-electron chi connectivity index (χ1n) is 8.44. The lowest BCUT2D eigenvalue weighted by atomic mass is 9.97. The molecule has 0 unspecified atom stereocenters. The van der Waals surface area contributed by atoms with Crippen LogP contribution in [0.5, 0.6) is 0 Å². The van der Waals surface area contributed by atoms with E-state index in [1.54, 1.807) is 24.3 Å². The zero-order chi connectivity index (χ0) is 19.8. The number of imide groups is 1. The second-order valence-corrected chi connectivity index (χ2v) is 6.77. The van der Waals surface area contributed by atoms with Crippen molar-refractivity contribution >= 4 is 29.1 Å². The number of fused-ring (bicyclic) bond motifs is 1. The number of amides is 2. The van der Waals surface area contributed by atoms with Crippen LogP contribution >= 0.6 is 11.6 Å². The maximum atomic E-state index is 13.1. The lowest BCUT2D eigenvalue weighted by molar-refractivity contribution is -0.384. The van der Waals surface area contributed by atoms with Crippen LogP contribution in [0, 0.1) is 10.1 Å². The number of halogens is 1. The number of hydrogen-bond donors (Lipinski definition) is 0. The lowest BCUT2D eigenvalue weighted by Crippen LogP contribution is -2.34. The quantitative estimate of drug-likeness (QED) is 0.368. The molecule has 0 aliphatic carbocycles. The van der Waals surface area contributed by atoms with Crippen molar-refractivity contribution in [1.82, 2.24) is 4.90 Å². The van der Waals surface area contributed by atoms with Gasteiger partial charge in [-0.2, -0.15) is 0 Å². The maximum absolute atomic E-state index is 13.1. The Bertz CT molecular complexity index is 1100. The molecule has 138 valence electrons. The molecule has 0 N–H and O–H groups in total. The van der Waals surface area contributed by atoms with Gasteiger partial charge in [-0.1, -0.05) is 54.1 Å². The van der Waals surface area contributed by atoms with Gasteiger partial charge in [0.05, 0.1) is 22.1 Å². The lowest BCUT2D eigenvalue weighted by Gasteiger charge is -2.27. The van der Waals surface area contributed by atoms with Crippen LogP contribution in [0.3, 0.4) is 0 Å². The van der Waals surface area contributed by atoms with Gasteiger partial charge < -0.3 is 0 Å². The summed E-state index contributed by atoms with van der Waals surface area (Å²) in [5, 5.41) is 11.6. The molecule has 3 aromatic carbocycles. The molecule has 0 bridgehead atoms. The Kier molecular flexibility index (Phi) is 4.41. The number of nitrogens with zero attached hydrogens (tertiary/aromatic N) is 2. The van der Waals surface area contributed by atoms with E-state index in [-0.39, 0.29) is 16.8 Å². The molecular formula is C21H13ClN2O4. The monoisotopic (exact) mass is 392 g/mol. The van der Waals surface area contributed by atoms with Crippen molar-refractivity contribution in [2.75, 3.05) is 0 Å². The molecule has 1 aliphatic rings. The Balaban J connectivity index is 1.85. The van der Waals surface area contributed by atoms with Crippen LogP contribution in [0.2, 0.25) is 5.02 Å². The van der Waals surface area contributed by atoms with Crippen LogP contribution in [0.4, 0.5) is 5.69 Å². The highest BCUT2D eigenvalue weighted by molar-refractivity contribution is 6.30. The summed E-state index contributed by atoms with van der Waals surface area (Å²) in [6.07, 6.45) is 0. The van der Waals surface area contributed by atoms with E-state index in [2.05, 4.69) is 0 Å². The van der Waals surface area contributed by atoms with Gasteiger partial charge in [-0.15, -0.1) is 0 Å². The Morgan fingerprint density at radius 3 is 2.07 bits per heavy atom. The number of nitro groups is 1. The molecule has 6 nitrogen and oxygen atoms in total. The summed E-state index contributed by atoms with van der Waals surface area (Å²) >= 11 is 5.99. The third kappa shape index (κ3) is 2.93. The summed E-state index contributed by atoms with van der Waals surface area (Å²) in [6, 6.07) is 19.1. The molecular weight excluding hydrogens is 380 g/mol. The smallest absolute Gasteiger partial charge is 0.269 e. The molecule has 1 aliphatic heterocycles. The summed E-state index contributed by atoms with van der Waals surface area (Å²) in [4.78, 5) is 37.8. The molecule has 0 radical (unpaired) electrons. The number of rotatable bonds is 4. The molecule has 7 heteroatoms. The van der Waals surface area contributed by atoms with E-state index in [9.17, 15) is 19.7 Å². The molecule has 1 heterocycles. The number of benzene rings is 3. The van der Waals surface area contributed by atoms with Crippen LogP contribution in [0.1, 0.15) is 37.9 Å². The zero-order valence-electron chi connectivity index (χ0n) is 14.4. The van der Waals surface area contributed by atoms with Crippen molar-refractivity contribution in [2.45, 2.75) is 6.04 Å². The van der Waals surface area contributed by atoms with Gasteiger partial charge in [-0.05, 0) is 29.3 Å². The third-order valence-electron chi connectivity index (χ3n) is 4.67. The average molecular weight is 393 g/mol. The van der Waals surface area contributed by atoms with Gasteiger partial charge in [-0.25, -0.2) is 0 Å². The van der Waals surface area contributed by atoms with Crippen LogP contribution in [0.15, 0.2) is 72.8 Å². The van der Waals surface area contributed by atoms with E-state index in [0.717, 1.165) is 16.5 Å². The van der Waals surface area contributed by atoms with Gasteiger partial charge in [0.1, 0.15) is 0 Å². The summed E-state index contributed by atoms with van der Waals surface area (Å²) < 4.78 is 0. The van der Waals surface area contributed by atoms with Crippen molar-refractivity contribution in [3.05, 3.63) is 110 Å². The SMILES string of the molecule is O=C1c2ccc([N+](=O)[O-])cc2C(=O)N1[C@@H](c1ccccc1)c1ccc(Cl)cc1. The Morgan fingerprint density at radius 2 is 1.43 bits per heavy atom. The van der Waals surface area contributed by atoms with Gasteiger partial charge in [0.15, 0.2) is 0 Å². The van der Waals surface area contributed by atoms with E-state index in [0.29, 0.717) is 10.6 Å². The normalized spacial score (nSPS) is 14.1.